The Balaban J connectivity index is 1.99. The summed E-state index contributed by atoms with van der Waals surface area (Å²) < 4.78 is 66.2. The van der Waals surface area contributed by atoms with Crippen LogP contribution in [0.25, 0.3) is 0 Å². The van der Waals surface area contributed by atoms with Gasteiger partial charge in [0.2, 0.25) is 15.9 Å². The fourth-order valence-electron chi connectivity index (χ4n) is 1.96. The molecule has 1 amide bonds. The number of rotatable bonds is 6. The smallest absolute Gasteiger partial charge is 0.309 e. The Labute approximate surface area is 152 Å². The van der Waals surface area contributed by atoms with E-state index in [9.17, 15) is 26.4 Å². The van der Waals surface area contributed by atoms with E-state index in [4.69, 9.17) is 11.6 Å². The molecule has 1 aromatic carbocycles. The Morgan fingerprint density at radius 3 is 2.58 bits per heavy atom. The average molecular weight is 411 g/mol. The van der Waals surface area contributed by atoms with Crippen molar-refractivity contribution in [3.05, 3.63) is 41.0 Å². The summed E-state index contributed by atoms with van der Waals surface area (Å²) in [5, 5.41) is 5.77. The molecular weight excluding hydrogens is 397 g/mol. The van der Waals surface area contributed by atoms with Crippen LogP contribution in [0, 0.1) is 0 Å². The number of carbonyl (C=O) groups is 1. The minimum absolute atomic E-state index is 0.227. The quantitative estimate of drug-likeness (QED) is 0.764. The molecule has 2 aromatic rings. The second-order valence-electron chi connectivity index (χ2n) is 5.21. The third kappa shape index (κ3) is 5.19. The van der Waals surface area contributed by atoms with Gasteiger partial charge < -0.3 is 5.32 Å². The number of hydrogen-bond acceptors (Lipinski definition) is 4. The van der Waals surface area contributed by atoms with Crippen molar-refractivity contribution in [1.82, 2.24) is 14.5 Å². The maximum absolute atomic E-state index is 12.8. The van der Waals surface area contributed by atoms with E-state index in [0.29, 0.717) is 11.9 Å². The summed E-state index contributed by atoms with van der Waals surface area (Å²) in [5.74, 6) is -0.202. The van der Waals surface area contributed by atoms with Gasteiger partial charge in [-0.25, -0.2) is 13.1 Å². The van der Waals surface area contributed by atoms with Crippen LogP contribution in [0.2, 0.25) is 5.02 Å². The molecule has 0 fully saturated rings. The number of halogens is 4. The lowest BCUT2D eigenvalue weighted by molar-refractivity contribution is -0.137. The molecule has 142 valence electrons. The summed E-state index contributed by atoms with van der Waals surface area (Å²) in [6, 6.07) is 3.80. The van der Waals surface area contributed by atoms with Crippen molar-refractivity contribution in [2.24, 2.45) is 7.05 Å². The molecule has 0 atom stereocenters. The third-order valence-electron chi connectivity index (χ3n) is 3.18. The van der Waals surface area contributed by atoms with Crippen LogP contribution in [-0.2, 0) is 28.0 Å². The van der Waals surface area contributed by atoms with Gasteiger partial charge in [-0.05, 0) is 18.2 Å². The second-order valence-corrected chi connectivity index (χ2v) is 7.38. The summed E-state index contributed by atoms with van der Waals surface area (Å²) in [5.41, 5.74) is -1.25. The highest BCUT2D eigenvalue weighted by Gasteiger charge is 2.34. The fourth-order valence-corrected chi connectivity index (χ4v) is 3.24. The summed E-state index contributed by atoms with van der Waals surface area (Å²) in [6.07, 6.45) is -3.40. The molecule has 26 heavy (non-hydrogen) atoms. The van der Waals surface area contributed by atoms with Crippen molar-refractivity contribution in [1.29, 1.82) is 0 Å². The zero-order valence-corrected chi connectivity index (χ0v) is 14.9. The monoisotopic (exact) mass is 410 g/mol. The van der Waals surface area contributed by atoms with Crippen LogP contribution < -0.4 is 10.0 Å². The lowest BCUT2D eigenvalue weighted by Crippen LogP contribution is -2.28. The van der Waals surface area contributed by atoms with Gasteiger partial charge in [0.1, 0.15) is 0 Å². The molecule has 0 spiro atoms. The molecule has 2 N–H and O–H groups in total. The van der Waals surface area contributed by atoms with Crippen molar-refractivity contribution in [3.8, 4) is 0 Å². The SMILES string of the molecule is Cn1ccc(NC(=O)CCNS(=O)(=O)c2ccc(Cl)c(C(F)(F)F)c2)n1. The number of alkyl halides is 3. The van der Waals surface area contributed by atoms with E-state index in [1.54, 1.807) is 19.3 Å². The molecule has 0 unspecified atom stereocenters. The predicted molar refractivity (Wildman–Crippen MR) is 88.1 cm³/mol. The van der Waals surface area contributed by atoms with Crippen molar-refractivity contribution in [2.75, 3.05) is 11.9 Å². The highest BCUT2D eigenvalue weighted by Crippen LogP contribution is 2.35. The molecule has 0 bridgehead atoms. The standard InChI is InChI=1S/C14H14ClF3N4O3S/c1-22-7-5-12(21-22)20-13(23)4-6-19-26(24,25)9-2-3-11(15)10(8-9)14(16,17)18/h2-3,5,7-8,19H,4,6H2,1H3,(H,20,21,23). The molecular formula is C14H14ClF3N4O3S. The number of benzene rings is 1. The highest BCUT2D eigenvalue weighted by molar-refractivity contribution is 7.89. The van der Waals surface area contributed by atoms with E-state index < -0.39 is 37.6 Å². The molecule has 1 aromatic heterocycles. The molecule has 12 heteroatoms. The van der Waals surface area contributed by atoms with Gasteiger partial charge in [0.25, 0.3) is 0 Å². The van der Waals surface area contributed by atoms with Gasteiger partial charge in [0, 0.05) is 32.3 Å². The average Bonchev–Trinajstić information content (AvgIpc) is 2.91. The lowest BCUT2D eigenvalue weighted by Gasteiger charge is -2.12. The molecule has 7 nitrogen and oxygen atoms in total. The number of hydrogen-bond donors (Lipinski definition) is 2. The summed E-state index contributed by atoms with van der Waals surface area (Å²) in [6.45, 7) is -0.301. The third-order valence-corrected chi connectivity index (χ3v) is 4.97. The second kappa shape index (κ2) is 7.64. The zero-order chi connectivity index (χ0) is 19.5. The van der Waals surface area contributed by atoms with Crippen LogP contribution in [0.3, 0.4) is 0 Å². The van der Waals surface area contributed by atoms with Crippen LogP contribution in [-0.4, -0.2) is 30.7 Å². The number of anilines is 1. The maximum atomic E-state index is 12.8. The maximum Gasteiger partial charge on any atom is 0.417 e. The molecule has 1 heterocycles. The summed E-state index contributed by atoms with van der Waals surface area (Å²) in [4.78, 5) is 11.1. The summed E-state index contributed by atoms with van der Waals surface area (Å²) in [7, 11) is -2.57. The van der Waals surface area contributed by atoms with E-state index in [1.807, 2.05) is 0 Å². The number of aryl methyl sites for hydroxylation is 1. The zero-order valence-electron chi connectivity index (χ0n) is 13.3. The van der Waals surface area contributed by atoms with E-state index in [2.05, 4.69) is 15.1 Å². The van der Waals surface area contributed by atoms with Gasteiger partial charge in [-0.15, -0.1) is 0 Å². The fraction of sp³-hybridized carbons (Fsp3) is 0.286. The van der Waals surface area contributed by atoms with E-state index >= 15 is 0 Å². The predicted octanol–water partition coefficient (Wildman–Crippen LogP) is 2.40. The first kappa shape index (κ1) is 20.2. The van der Waals surface area contributed by atoms with Gasteiger partial charge >= 0.3 is 6.18 Å². The van der Waals surface area contributed by atoms with Crippen LogP contribution >= 0.6 is 11.6 Å². The van der Waals surface area contributed by atoms with Crippen molar-refractivity contribution in [3.63, 3.8) is 0 Å². The number of aromatic nitrogens is 2. The highest BCUT2D eigenvalue weighted by atomic mass is 35.5. The normalized spacial score (nSPS) is 12.2. The Morgan fingerprint density at radius 2 is 2.00 bits per heavy atom. The van der Waals surface area contributed by atoms with Gasteiger partial charge in [-0.1, -0.05) is 11.6 Å². The van der Waals surface area contributed by atoms with Crippen molar-refractivity contribution >= 4 is 33.3 Å². The van der Waals surface area contributed by atoms with Crippen molar-refractivity contribution < 1.29 is 26.4 Å². The van der Waals surface area contributed by atoms with E-state index in [-0.39, 0.29) is 13.0 Å². The number of carbonyl (C=O) groups excluding carboxylic acids is 1. The minimum Gasteiger partial charge on any atom is -0.309 e. The van der Waals surface area contributed by atoms with Crippen LogP contribution in [0.15, 0.2) is 35.4 Å². The van der Waals surface area contributed by atoms with Gasteiger partial charge in [-0.2, -0.15) is 18.3 Å². The largest absolute Gasteiger partial charge is 0.417 e. The first-order valence-corrected chi connectivity index (χ1v) is 9.01. The lowest BCUT2D eigenvalue weighted by atomic mass is 10.2. The van der Waals surface area contributed by atoms with E-state index in [1.165, 1.54) is 4.68 Å². The first-order chi connectivity index (χ1) is 12.0. The Morgan fingerprint density at radius 1 is 1.31 bits per heavy atom. The topological polar surface area (TPSA) is 93.1 Å². The van der Waals surface area contributed by atoms with Crippen LogP contribution in [0.1, 0.15) is 12.0 Å². The van der Waals surface area contributed by atoms with Gasteiger partial charge in [0.05, 0.1) is 15.5 Å². The molecule has 0 aliphatic rings. The molecule has 0 aliphatic carbocycles. The molecule has 0 saturated carbocycles. The Bertz CT molecular complexity index is 912. The van der Waals surface area contributed by atoms with Gasteiger partial charge in [0.15, 0.2) is 5.82 Å². The summed E-state index contributed by atoms with van der Waals surface area (Å²) >= 11 is 5.46. The van der Waals surface area contributed by atoms with Gasteiger partial charge in [-0.3, -0.25) is 9.48 Å². The van der Waals surface area contributed by atoms with Crippen LogP contribution in [0.4, 0.5) is 19.0 Å². The molecule has 0 aliphatic heterocycles. The number of nitrogens with one attached hydrogen (secondary N) is 2. The molecule has 2 rings (SSSR count). The number of amides is 1. The minimum atomic E-state index is -4.79. The van der Waals surface area contributed by atoms with E-state index in [0.717, 1.165) is 12.1 Å². The number of nitrogens with zero attached hydrogens (tertiary/aromatic N) is 2. The molecule has 0 saturated heterocycles. The van der Waals surface area contributed by atoms with Crippen molar-refractivity contribution in [2.45, 2.75) is 17.5 Å². The Kier molecular flexibility index (Phi) is 5.94. The van der Waals surface area contributed by atoms with Crippen LogP contribution in [0.5, 0.6) is 0 Å². The molecule has 0 radical (unpaired) electrons. The Hall–Kier alpha value is -2.11. The first-order valence-electron chi connectivity index (χ1n) is 7.15. The number of sulfonamides is 1.